The lowest BCUT2D eigenvalue weighted by Crippen LogP contribution is -2.48. The van der Waals surface area contributed by atoms with Gasteiger partial charge in [-0.25, -0.2) is 0 Å². The molecule has 2 aromatic carbocycles. The van der Waals surface area contributed by atoms with Crippen LogP contribution in [0.5, 0.6) is 5.75 Å². The van der Waals surface area contributed by atoms with Crippen LogP contribution in [0.25, 0.3) is 6.08 Å². The molecule has 5 heteroatoms. The quantitative estimate of drug-likeness (QED) is 0.540. The molecule has 1 heterocycles. The molecule has 0 saturated carbocycles. The number of hydrogen-bond donors (Lipinski definition) is 1. The molecule has 0 spiro atoms. The van der Waals surface area contributed by atoms with Crippen LogP contribution in [0.4, 0.5) is 11.4 Å². The predicted molar refractivity (Wildman–Crippen MR) is 122 cm³/mol. The lowest BCUT2D eigenvalue weighted by molar-refractivity contribution is -0.112. The maximum Gasteiger partial charge on any atom is 0.266 e. The fraction of sp³-hybridized carbons (Fsp3) is 0.360. The molecule has 0 saturated heterocycles. The number of carbonyl (C=O) groups is 1. The number of ether oxygens (including phenoxy) is 1. The number of hydrogen-bond acceptors (Lipinski definition) is 4. The van der Waals surface area contributed by atoms with Crippen molar-refractivity contribution in [3.63, 3.8) is 0 Å². The van der Waals surface area contributed by atoms with Crippen LogP contribution in [-0.2, 0) is 4.79 Å². The molecule has 3 rings (SSSR count). The van der Waals surface area contributed by atoms with Gasteiger partial charge in [-0.2, -0.15) is 5.26 Å². The zero-order chi connectivity index (χ0) is 21.9. The molecule has 0 unspecified atom stereocenters. The number of nitriles is 1. The molecule has 30 heavy (non-hydrogen) atoms. The summed E-state index contributed by atoms with van der Waals surface area (Å²) >= 11 is 0. The number of amides is 1. The Kier molecular flexibility index (Phi) is 6.17. The Balaban J connectivity index is 1.86. The first-order valence-electron chi connectivity index (χ1n) is 10.3. The van der Waals surface area contributed by atoms with Gasteiger partial charge in [0.05, 0.1) is 7.11 Å². The van der Waals surface area contributed by atoms with Crippen LogP contribution in [0.3, 0.4) is 0 Å². The van der Waals surface area contributed by atoms with Gasteiger partial charge >= 0.3 is 0 Å². The molecule has 1 aliphatic rings. The van der Waals surface area contributed by atoms with Crippen LogP contribution in [0, 0.1) is 11.3 Å². The summed E-state index contributed by atoms with van der Waals surface area (Å²) < 4.78 is 5.12. The third-order valence-electron chi connectivity index (χ3n) is 5.75. The van der Waals surface area contributed by atoms with Gasteiger partial charge in [0.25, 0.3) is 5.91 Å². The van der Waals surface area contributed by atoms with Crippen molar-refractivity contribution in [3.05, 3.63) is 59.2 Å². The van der Waals surface area contributed by atoms with E-state index in [0.29, 0.717) is 17.4 Å². The number of nitrogens with zero attached hydrogens (tertiary/aromatic N) is 2. The minimum Gasteiger partial charge on any atom is -0.497 e. The number of rotatable bonds is 5. The number of fused-ring (bicyclic) bond motifs is 1. The van der Waals surface area contributed by atoms with E-state index >= 15 is 0 Å². The van der Waals surface area contributed by atoms with E-state index in [1.54, 1.807) is 37.5 Å². The van der Waals surface area contributed by atoms with E-state index in [1.165, 1.54) is 11.3 Å². The van der Waals surface area contributed by atoms with E-state index in [9.17, 15) is 10.1 Å². The van der Waals surface area contributed by atoms with Gasteiger partial charge in [0.2, 0.25) is 0 Å². The number of carbonyl (C=O) groups excluding carboxylic acids is 1. The van der Waals surface area contributed by atoms with E-state index in [2.05, 4.69) is 50.0 Å². The van der Waals surface area contributed by atoms with Gasteiger partial charge in [0, 0.05) is 23.5 Å². The Bertz CT molecular complexity index is 1000. The van der Waals surface area contributed by atoms with E-state index < -0.39 is 5.91 Å². The highest BCUT2D eigenvalue weighted by atomic mass is 16.5. The van der Waals surface area contributed by atoms with E-state index in [1.807, 2.05) is 12.1 Å². The summed E-state index contributed by atoms with van der Waals surface area (Å²) in [5.74, 6) is 0.686. The van der Waals surface area contributed by atoms with Crippen molar-refractivity contribution in [2.24, 2.45) is 0 Å². The molecule has 0 aliphatic carbocycles. The molecule has 0 radical (unpaired) electrons. The second-order valence-electron chi connectivity index (χ2n) is 8.33. The molecule has 0 fully saturated rings. The first kappa shape index (κ1) is 21.4. The van der Waals surface area contributed by atoms with Gasteiger partial charge in [0.15, 0.2) is 0 Å². The van der Waals surface area contributed by atoms with E-state index in [4.69, 9.17) is 4.74 Å². The average molecular weight is 404 g/mol. The van der Waals surface area contributed by atoms with Crippen LogP contribution in [0.1, 0.15) is 51.2 Å². The minimum absolute atomic E-state index is 0.0712. The van der Waals surface area contributed by atoms with Crippen molar-refractivity contribution in [3.8, 4) is 11.8 Å². The smallest absolute Gasteiger partial charge is 0.266 e. The highest BCUT2D eigenvalue weighted by Gasteiger charge is 2.35. The zero-order valence-corrected chi connectivity index (χ0v) is 18.3. The summed E-state index contributed by atoms with van der Waals surface area (Å²) in [6.07, 6.45) is 2.71. The highest BCUT2D eigenvalue weighted by Crippen LogP contribution is 2.43. The third-order valence-corrected chi connectivity index (χ3v) is 5.75. The van der Waals surface area contributed by atoms with E-state index in [-0.39, 0.29) is 11.1 Å². The normalized spacial score (nSPS) is 17.7. The summed E-state index contributed by atoms with van der Waals surface area (Å²) in [6.45, 7) is 9.91. The summed E-state index contributed by atoms with van der Waals surface area (Å²) in [6, 6.07) is 15.2. The number of methoxy groups -OCH3 is 1. The first-order valence-corrected chi connectivity index (χ1v) is 10.3. The number of nitrogens with one attached hydrogen (secondary N) is 1. The number of anilines is 2. The van der Waals surface area contributed by atoms with E-state index in [0.717, 1.165) is 18.5 Å². The Morgan fingerprint density at radius 2 is 2.00 bits per heavy atom. The van der Waals surface area contributed by atoms with Crippen molar-refractivity contribution in [1.82, 2.24) is 0 Å². The Hall–Kier alpha value is -3.26. The van der Waals surface area contributed by atoms with Gasteiger partial charge in [0.1, 0.15) is 17.4 Å². The SMILES string of the molecule is CCN1c2ccc(/C=C(/C#N)C(=O)Nc3ccc(OC)cc3)cc2[C@H](C)CC1(C)C. The maximum atomic E-state index is 12.6. The Morgan fingerprint density at radius 1 is 1.30 bits per heavy atom. The maximum absolute atomic E-state index is 12.6. The molecule has 1 atom stereocenters. The average Bonchev–Trinajstić information content (AvgIpc) is 2.72. The van der Waals surface area contributed by atoms with Crippen LogP contribution >= 0.6 is 0 Å². The minimum atomic E-state index is -0.426. The fourth-order valence-electron chi connectivity index (χ4n) is 4.39. The molecular formula is C25H29N3O2. The van der Waals surface area contributed by atoms with Gasteiger partial charge in [-0.15, -0.1) is 0 Å². The molecule has 2 aromatic rings. The number of benzene rings is 2. The Labute approximate surface area is 179 Å². The van der Waals surface area contributed by atoms with Crippen molar-refractivity contribution in [2.75, 3.05) is 23.9 Å². The topological polar surface area (TPSA) is 65.4 Å². The van der Waals surface area contributed by atoms with Gasteiger partial charge in [-0.05, 0) is 86.7 Å². The van der Waals surface area contributed by atoms with Crippen molar-refractivity contribution < 1.29 is 9.53 Å². The van der Waals surface area contributed by atoms with Crippen LogP contribution < -0.4 is 15.0 Å². The molecule has 0 bridgehead atoms. The van der Waals surface area contributed by atoms with Crippen LogP contribution in [-0.4, -0.2) is 25.1 Å². The van der Waals surface area contributed by atoms with Crippen LogP contribution in [0.15, 0.2) is 48.0 Å². The second-order valence-corrected chi connectivity index (χ2v) is 8.33. The first-order chi connectivity index (χ1) is 14.3. The van der Waals surface area contributed by atoms with Crippen LogP contribution in [0.2, 0.25) is 0 Å². The zero-order valence-electron chi connectivity index (χ0n) is 18.3. The summed E-state index contributed by atoms with van der Waals surface area (Å²) in [7, 11) is 1.59. The summed E-state index contributed by atoms with van der Waals surface area (Å²) in [5.41, 5.74) is 4.15. The Morgan fingerprint density at radius 3 is 2.60 bits per heavy atom. The standard InChI is InChI=1S/C25H29N3O2/c1-6-28-23-12-7-18(14-22(23)17(2)15-25(28,3)4)13-19(16-26)24(29)27-20-8-10-21(30-5)11-9-20/h7-14,17H,6,15H2,1-5H3,(H,27,29)/b19-13-/t17-/m1/s1. The van der Waals surface area contributed by atoms with Gasteiger partial charge < -0.3 is 15.0 Å². The van der Waals surface area contributed by atoms with Crippen molar-refractivity contribution in [1.29, 1.82) is 5.26 Å². The molecule has 0 aromatic heterocycles. The molecule has 5 nitrogen and oxygen atoms in total. The van der Waals surface area contributed by atoms with Gasteiger partial charge in [-0.1, -0.05) is 13.0 Å². The molecular weight excluding hydrogens is 374 g/mol. The molecule has 1 aliphatic heterocycles. The monoisotopic (exact) mass is 403 g/mol. The predicted octanol–water partition coefficient (Wildman–Crippen LogP) is 5.35. The highest BCUT2D eigenvalue weighted by molar-refractivity contribution is 6.09. The second kappa shape index (κ2) is 8.62. The molecule has 1 amide bonds. The summed E-state index contributed by atoms with van der Waals surface area (Å²) in [4.78, 5) is 15.0. The van der Waals surface area contributed by atoms with Gasteiger partial charge in [-0.3, -0.25) is 4.79 Å². The fourth-order valence-corrected chi connectivity index (χ4v) is 4.39. The lowest BCUT2D eigenvalue weighted by Gasteiger charge is -2.47. The third kappa shape index (κ3) is 4.33. The molecule has 156 valence electrons. The van der Waals surface area contributed by atoms with Crippen molar-refractivity contribution >= 4 is 23.4 Å². The molecule has 1 N–H and O–H groups in total. The largest absolute Gasteiger partial charge is 0.497 e. The van der Waals surface area contributed by atoms with Crippen molar-refractivity contribution in [2.45, 2.75) is 45.6 Å². The summed E-state index contributed by atoms with van der Waals surface area (Å²) in [5, 5.41) is 12.3. The lowest BCUT2D eigenvalue weighted by atomic mass is 9.79.